The Kier molecular flexibility index (Phi) is 16.9. The average Bonchev–Trinajstić information content (AvgIpc) is 1.62. The fourth-order valence-electron chi connectivity index (χ4n) is 0. The zero-order valence-electron chi connectivity index (χ0n) is 7.24. The molecule has 6 heteroatoms. The molecule has 0 aromatic heterocycles. The van der Waals surface area contributed by atoms with E-state index in [0.717, 1.165) is 0 Å². The predicted molar refractivity (Wildman–Crippen MR) is 44.6 cm³/mol. The van der Waals surface area contributed by atoms with Crippen LogP contribution in [0.3, 0.4) is 0 Å². The first kappa shape index (κ1) is 16.3. The fraction of sp³-hybridized carbons (Fsp3) is 1.00. The lowest BCUT2D eigenvalue weighted by Gasteiger charge is -2.05. The van der Waals surface area contributed by atoms with Crippen molar-refractivity contribution in [2.75, 3.05) is 0 Å². The van der Waals surface area contributed by atoms with Gasteiger partial charge in [0.05, 0.1) is 0 Å². The van der Waals surface area contributed by atoms with Crippen LogP contribution in [-0.4, -0.2) is 0 Å². The molecule has 0 amide bonds. The Balaban J connectivity index is -0.0000000933. The van der Waals surface area contributed by atoms with Crippen LogP contribution in [0.15, 0.2) is 0 Å². The molecule has 0 fully saturated rings. The SMILES string of the molecule is CC(C)(C)C.[N-]=[N+]=N.[N-]=[N+]=[N-]. The van der Waals surface area contributed by atoms with Crippen molar-refractivity contribution in [1.29, 1.82) is 5.53 Å². The summed E-state index contributed by atoms with van der Waals surface area (Å²) >= 11 is 0. The van der Waals surface area contributed by atoms with Crippen LogP contribution >= 0.6 is 0 Å². The van der Waals surface area contributed by atoms with E-state index < -0.39 is 0 Å². The van der Waals surface area contributed by atoms with E-state index >= 15 is 0 Å². The summed E-state index contributed by atoms with van der Waals surface area (Å²) in [7, 11) is 0. The lowest BCUT2D eigenvalue weighted by atomic mass is 10.0. The van der Waals surface area contributed by atoms with E-state index in [1.807, 2.05) is 0 Å². The molecule has 0 aliphatic carbocycles. The molecule has 6 nitrogen and oxygen atoms in total. The molecule has 0 bridgehead atoms. The number of hydrogen-bond donors (Lipinski definition) is 1. The van der Waals surface area contributed by atoms with Crippen molar-refractivity contribution in [1.82, 2.24) is 0 Å². The van der Waals surface area contributed by atoms with Crippen LogP contribution in [0.5, 0.6) is 0 Å². The quantitative estimate of drug-likeness (QED) is 0.312. The van der Waals surface area contributed by atoms with Gasteiger partial charge in [0.2, 0.25) is 0 Å². The van der Waals surface area contributed by atoms with Crippen molar-refractivity contribution in [3.63, 3.8) is 0 Å². The highest BCUT2D eigenvalue weighted by Gasteiger charge is 1.95. The van der Waals surface area contributed by atoms with Gasteiger partial charge in [-0.25, -0.2) is 0 Å². The summed E-state index contributed by atoms with van der Waals surface area (Å²) in [5.41, 5.74) is 26.2. The highest BCUT2D eigenvalue weighted by atomic mass is 15.0. The Labute approximate surface area is 66.1 Å². The van der Waals surface area contributed by atoms with Crippen LogP contribution in [0.2, 0.25) is 0 Å². The highest BCUT2D eigenvalue weighted by molar-refractivity contribution is 4.47. The molecule has 0 saturated heterocycles. The standard InChI is InChI=1S/C5H12.HN3.N3/c1-5(2,3)4;2*1-3-2/h1-4H3;1H;/q;;-1. The Bertz CT molecular complexity index is 114. The number of nitrogens with zero attached hydrogens (tertiary/aromatic N) is 5. The van der Waals surface area contributed by atoms with E-state index in [1.54, 1.807) is 4.91 Å². The number of hydrogen-bond acceptors (Lipinski definition) is 1. The van der Waals surface area contributed by atoms with Gasteiger partial charge in [-0.2, -0.15) is 0 Å². The van der Waals surface area contributed by atoms with Gasteiger partial charge in [0.25, 0.3) is 0 Å². The summed E-state index contributed by atoms with van der Waals surface area (Å²) in [5.74, 6) is 0. The minimum absolute atomic E-state index is 0.500. The summed E-state index contributed by atoms with van der Waals surface area (Å²) in [6, 6.07) is 0. The molecule has 0 aromatic carbocycles. The van der Waals surface area contributed by atoms with Gasteiger partial charge in [0.1, 0.15) is 0 Å². The van der Waals surface area contributed by atoms with Crippen molar-refractivity contribution in [2.24, 2.45) is 5.41 Å². The van der Waals surface area contributed by atoms with E-state index in [2.05, 4.69) is 27.7 Å². The van der Waals surface area contributed by atoms with Crippen molar-refractivity contribution >= 4 is 0 Å². The van der Waals surface area contributed by atoms with Crippen LogP contribution in [0.25, 0.3) is 26.4 Å². The Morgan fingerprint density at radius 3 is 1.00 bits per heavy atom. The lowest BCUT2D eigenvalue weighted by molar-refractivity contribution is 0.469. The smallest absolute Gasteiger partial charge is 0.00208 e. The van der Waals surface area contributed by atoms with Crippen LogP contribution in [-0.2, 0) is 0 Å². The molecule has 0 aliphatic heterocycles. The maximum atomic E-state index is 6.86. The zero-order valence-corrected chi connectivity index (χ0v) is 7.24. The summed E-state index contributed by atoms with van der Waals surface area (Å²) in [6.45, 7) is 8.75. The molecule has 1 N–H and O–H groups in total. The second kappa shape index (κ2) is 11.4. The zero-order chi connectivity index (χ0) is 9.91. The highest BCUT2D eigenvalue weighted by Crippen LogP contribution is 2.07. The van der Waals surface area contributed by atoms with Crippen LogP contribution in [0.1, 0.15) is 27.7 Å². The van der Waals surface area contributed by atoms with Crippen molar-refractivity contribution in [3.8, 4) is 0 Å². The topological polar surface area (TPSA) is 119 Å². The van der Waals surface area contributed by atoms with Gasteiger partial charge >= 0.3 is 0 Å². The molecule has 0 radical (unpaired) electrons. The minimum Gasteiger partial charge on any atom is -0.373 e. The van der Waals surface area contributed by atoms with E-state index in [-0.39, 0.29) is 0 Å². The predicted octanol–water partition coefficient (Wildman–Crippen LogP) is 3.79. The third-order valence-corrected chi connectivity index (χ3v) is 0. The molecule has 0 aliphatic rings. The van der Waals surface area contributed by atoms with Gasteiger partial charge in [0.15, 0.2) is 0 Å². The Morgan fingerprint density at radius 2 is 1.00 bits per heavy atom. The van der Waals surface area contributed by atoms with Gasteiger partial charge in [0, 0.05) is 0 Å². The Morgan fingerprint density at radius 1 is 1.00 bits per heavy atom. The number of nitrogens with one attached hydrogen (secondary N) is 1. The van der Waals surface area contributed by atoms with E-state index in [0.29, 0.717) is 5.41 Å². The maximum Gasteiger partial charge on any atom is -0.00208 e. The summed E-state index contributed by atoms with van der Waals surface area (Å²) < 4.78 is 0. The summed E-state index contributed by atoms with van der Waals surface area (Å²) in [5, 5.41) is 0. The molecule has 0 unspecified atom stereocenters. The maximum absolute atomic E-state index is 6.86. The van der Waals surface area contributed by atoms with Gasteiger partial charge in [-0.15, -0.1) is 5.53 Å². The largest absolute Gasteiger partial charge is 0.373 e. The summed E-state index contributed by atoms with van der Waals surface area (Å²) in [6.07, 6.45) is 0. The van der Waals surface area contributed by atoms with Gasteiger partial charge in [-0.3, -0.25) is 4.91 Å². The van der Waals surface area contributed by atoms with Crippen LogP contribution < -0.4 is 0 Å². The van der Waals surface area contributed by atoms with E-state index in [1.165, 1.54) is 4.91 Å². The third kappa shape index (κ3) is 198. The van der Waals surface area contributed by atoms with Crippen molar-refractivity contribution in [3.05, 3.63) is 26.4 Å². The molecule has 64 valence electrons. The van der Waals surface area contributed by atoms with E-state index in [9.17, 15) is 0 Å². The molecule has 0 spiro atoms. The molecule has 11 heavy (non-hydrogen) atoms. The monoisotopic (exact) mass is 157 g/mol. The van der Waals surface area contributed by atoms with Crippen LogP contribution in [0, 0.1) is 10.9 Å². The lowest BCUT2D eigenvalue weighted by Crippen LogP contribution is -1.93. The molecule has 0 heterocycles. The first-order valence-corrected chi connectivity index (χ1v) is 2.82. The van der Waals surface area contributed by atoms with Crippen molar-refractivity contribution in [2.45, 2.75) is 27.7 Å². The van der Waals surface area contributed by atoms with E-state index in [4.69, 9.17) is 22.1 Å². The fourth-order valence-corrected chi connectivity index (χ4v) is 0. The first-order chi connectivity index (χ1) is 4.83. The third-order valence-electron chi connectivity index (χ3n) is 0. The van der Waals surface area contributed by atoms with Crippen molar-refractivity contribution < 1.29 is 0 Å². The van der Waals surface area contributed by atoms with Gasteiger partial charge in [-0.05, 0) is 15.9 Å². The average molecular weight is 157 g/mol. The second-order valence-electron chi connectivity index (χ2n) is 3.19. The van der Waals surface area contributed by atoms with Gasteiger partial charge < -0.3 is 11.1 Å². The van der Waals surface area contributed by atoms with Gasteiger partial charge in [-0.1, -0.05) is 27.7 Å². The minimum atomic E-state index is 0.500. The molecule has 0 rings (SSSR count). The van der Waals surface area contributed by atoms with Crippen LogP contribution in [0.4, 0.5) is 0 Å². The molecular formula is C5H13N6-. The molecule has 0 saturated carbocycles. The normalized spacial score (nSPS) is 6.91. The summed E-state index contributed by atoms with van der Waals surface area (Å²) in [4.78, 5) is 3.25. The molecule has 0 atom stereocenters. The Hall–Kier alpha value is -1.38. The molecular weight excluding hydrogens is 144 g/mol. The first-order valence-electron chi connectivity index (χ1n) is 2.82. The number of rotatable bonds is 0. The molecule has 0 aromatic rings. The second-order valence-corrected chi connectivity index (χ2v) is 3.19.